The Balaban J connectivity index is 2.21. The van der Waals surface area contributed by atoms with Crippen LogP contribution in [0.3, 0.4) is 0 Å². The number of rotatable bonds is 7. The fourth-order valence-corrected chi connectivity index (χ4v) is 4.15. The molecule has 0 bridgehead atoms. The van der Waals surface area contributed by atoms with Crippen molar-refractivity contribution in [1.29, 1.82) is 0 Å². The molecule has 1 fully saturated rings. The standard InChI is InChI=1S/C18H27N3O4S/c1-6-19-18(23)20(3)9-10-21-16(22)12(2)26-17(21)14-11-13(24-4)7-8-15(14)25-5/h7-8,11-12,17H,6,9-10H2,1-5H3,(H,19,23)/t12-,17-/m0/s1. The van der Waals surface area contributed by atoms with Gasteiger partial charge in [-0.1, -0.05) is 0 Å². The number of nitrogens with one attached hydrogen (secondary N) is 1. The maximum absolute atomic E-state index is 12.7. The Kier molecular flexibility index (Phi) is 7.02. The lowest BCUT2D eigenvalue weighted by molar-refractivity contribution is -0.129. The molecule has 1 saturated heterocycles. The molecule has 2 rings (SSSR count). The van der Waals surface area contributed by atoms with Crippen molar-refractivity contribution in [2.45, 2.75) is 24.5 Å². The fraction of sp³-hybridized carbons (Fsp3) is 0.556. The summed E-state index contributed by atoms with van der Waals surface area (Å²) in [6, 6.07) is 5.44. The van der Waals surface area contributed by atoms with E-state index in [1.54, 1.807) is 37.9 Å². The molecule has 2 atom stereocenters. The topological polar surface area (TPSA) is 71.1 Å². The van der Waals surface area contributed by atoms with Crippen molar-refractivity contribution in [2.75, 3.05) is 40.9 Å². The Bertz CT molecular complexity index is 655. The van der Waals surface area contributed by atoms with Crippen LogP contribution in [-0.2, 0) is 4.79 Å². The van der Waals surface area contributed by atoms with E-state index in [-0.39, 0.29) is 22.6 Å². The minimum atomic E-state index is -0.176. The number of hydrogen-bond acceptors (Lipinski definition) is 5. The molecule has 26 heavy (non-hydrogen) atoms. The number of amides is 3. The maximum Gasteiger partial charge on any atom is 0.317 e. The molecule has 1 aliphatic rings. The number of ether oxygens (including phenoxy) is 2. The first kappa shape index (κ1) is 20.2. The van der Waals surface area contributed by atoms with Crippen LogP contribution in [0.5, 0.6) is 11.5 Å². The Morgan fingerprint density at radius 1 is 1.35 bits per heavy atom. The van der Waals surface area contributed by atoms with Crippen molar-refractivity contribution in [3.05, 3.63) is 23.8 Å². The molecule has 1 aromatic carbocycles. The molecule has 0 radical (unpaired) electrons. The number of nitrogens with zero attached hydrogens (tertiary/aromatic N) is 2. The van der Waals surface area contributed by atoms with Gasteiger partial charge in [-0.15, -0.1) is 11.8 Å². The first-order chi connectivity index (χ1) is 12.4. The van der Waals surface area contributed by atoms with Crippen LogP contribution >= 0.6 is 11.8 Å². The first-order valence-electron chi connectivity index (χ1n) is 8.59. The Labute approximate surface area is 159 Å². The third-order valence-electron chi connectivity index (χ3n) is 4.30. The number of hydrogen-bond donors (Lipinski definition) is 1. The van der Waals surface area contributed by atoms with E-state index in [4.69, 9.17) is 9.47 Å². The molecule has 144 valence electrons. The average molecular weight is 381 g/mol. The fourth-order valence-electron chi connectivity index (χ4n) is 2.82. The zero-order valence-electron chi connectivity index (χ0n) is 15.9. The van der Waals surface area contributed by atoms with Crippen LogP contribution in [0.2, 0.25) is 0 Å². The first-order valence-corrected chi connectivity index (χ1v) is 9.54. The predicted molar refractivity (Wildman–Crippen MR) is 103 cm³/mol. The quantitative estimate of drug-likeness (QED) is 0.785. The van der Waals surface area contributed by atoms with E-state index in [0.29, 0.717) is 31.1 Å². The number of thioether (sulfide) groups is 1. The third kappa shape index (κ3) is 4.35. The summed E-state index contributed by atoms with van der Waals surface area (Å²) in [6.45, 7) is 5.25. The van der Waals surface area contributed by atoms with Gasteiger partial charge in [0.1, 0.15) is 16.9 Å². The highest BCUT2D eigenvalue weighted by atomic mass is 32.2. The number of urea groups is 1. The largest absolute Gasteiger partial charge is 0.497 e. The molecular formula is C18H27N3O4S. The lowest BCUT2D eigenvalue weighted by atomic mass is 10.1. The second kappa shape index (κ2) is 9.02. The summed E-state index contributed by atoms with van der Waals surface area (Å²) >= 11 is 1.58. The normalized spacial score (nSPS) is 19.4. The average Bonchev–Trinajstić information content (AvgIpc) is 2.93. The van der Waals surface area contributed by atoms with E-state index < -0.39 is 0 Å². The van der Waals surface area contributed by atoms with Crippen LogP contribution < -0.4 is 14.8 Å². The maximum atomic E-state index is 12.7. The lowest BCUT2D eigenvalue weighted by Gasteiger charge is -2.28. The van der Waals surface area contributed by atoms with Gasteiger partial charge in [0.25, 0.3) is 0 Å². The third-order valence-corrected chi connectivity index (χ3v) is 5.68. The minimum absolute atomic E-state index is 0.0640. The van der Waals surface area contributed by atoms with Gasteiger partial charge >= 0.3 is 6.03 Å². The monoisotopic (exact) mass is 381 g/mol. The van der Waals surface area contributed by atoms with Crippen molar-refractivity contribution in [3.8, 4) is 11.5 Å². The van der Waals surface area contributed by atoms with Crippen molar-refractivity contribution in [1.82, 2.24) is 15.1 Å². The number of methoxy groups -OCH3 is 2. The van der Waals surface area contributed by atoms with Gasteiger partial charge in [0.2, 0.25) is 5.91 Å². The number of likely N-dealkylation sites (N-methyl/N-ethyl adjacent to an activating group) is 1. The molecule has 1 N–H and O–H groups in total. The number of carbonyl (C=O) groups is 2. The summed E-state index contributed by atoms with van der Waals surface area (Å²) in [5.74, 6) is 1.49. The van der Waals surface area contributed by atoms with Crippen molar-refractivity contribution in [2.24, 2.45) is 0 Å². The highest BCUT2D eigenvalue weighted by molar-refractivity contribution is 8.01. The molecule has 1 aromatic rings. The van der Waals surface area contributed by atoms with E-state index >= 15 is 0 Å². The van der Waals surface area contributed by atoms with E-state index in [9.17, 15) is 9.59 Å². The van der Waals surface area contributed by atoms with Gasteiger partial charge in [0.15, 0.2) is 0 Å². The van der Waals surface area contributed by atoms with Crippen LogP contribution in [0, 0.1) is 0 Å². The SMILES string of the molecule is CCNC(=O)N(C)CCN1C(=O)[C@H](C)S[C@H]1c1cc(OC)ccc1OC. The Morgan fingerprint density at radius 3 is 2.69 bits per heavy atom. The van der Waals surface area contributed by atoms with E-state index in [1.807, 2.05) is 36.9 Å². The molecule has 1 heterocycles. The van der Waals surface area contributed by atoms with Crippen LogP contribution in [0.4, 0.5) is 4.79 Å². The van der Waals surface area contributed by atoms with E-state index in [0.717, 1.165) is 5.56 Å². The second-order valence-corrected chi connectivity index (χ2v) is 7.45. The van der Waals surface area contributed by atoms with Gasteiger partial charge in [-0.25, -0.2) is 4.79 Å². The van der Waals surface area contributed by atoms with Crippen molar-refractivity contribution in [3.63, 3.8) is 0 Å². The molecular weight excluding hydrogens is 354 g/mol. The molecule has 0 unspecified atom stereocenters. The van der Waals surface area contributed by atoms with Gasteiger partial charge in [-0.05, 0) is 32.0 Å². The van der Waals surface area contributed by atoms with Crippen LogP contribution in [0.15, 0.2) is 18.2 Å². The second-order valence-electron chi connectivity index (χ2n) is 6.03. The summed E-state index contributed by atoms with van der Waals surface area (Å²) in [7, 11) is 4.95. The van der Waals surface area contributed by atoms with Gasteiger partial charge in [-0.2, -0.15) is 0 Å². The van der Waals surface area contributed by atoms with Gasteiger partial charge in [0.05, 0.1) is 19.5 Å². The molecule has 3 amide bonds. The molecule has 8 heteroatoms. The van der Waals surface area contributed by atoms with Crippen molar-refractivity contribution < 1.29 is 19.1 Å². The Hall–Kier alpha value is -2.09. The predicted octanol–water partition coefficient (Wildman–Crippen LogP) is 2.33. The van der Waals surface area contributed by atoms with Gasteiger partial charge in [0, 0.05) is 32.2 Å². The zero-order chi connectivity index (χ0) is 19.3. The minimum Gasteiger partial charge on any atom is -0.497 e. The van der Waals surface area contributed by atoms with Crippen molar-refractivity contribution >= 4 is 23.7 Å². The summed E-state index contributed by atoms with van der Waals surface area (Å²) in [4.78, 5) is 28.0. The summed E-state index contributed by atoms with van der Waals surface area (Å²) < 4.78 is 10.8. The highest BCUT2D eigenvalue weighted by Crippen LogP contribution is 2.46. The lowest BCUT2D eigenvalue weighted by Crippen LogP contribution is -2.42. The van der Waals surface area contributed by atoms with E-state index in [1.165, 1.54) is 0 Å². The number of benzene rings is 1. The molecule has 0 spiro atoms. The molecule has 0 aromatic heterocycles. The molecule has 7 nitrogen and oxygen atoms in total. The summed E-state index contributed by atoms with van der Waals surface area (Å²) in [6.07, 6.45) is 0. The highest BCUT2D eigenvalue weighted by Gasteiger charge is 2.39. The van der Waals surface area contributed by atoms with Gasteiger partial charge in [-0.3, -0.25) is 4.79 Å². The zero-order valence-corrected chi connectivity index (χ0v) is 16.8. The molecule has 0 saturated carbocycles. The number of carbonyl (C=O) groups excluding carboxylic acids is 2. The summed E-state index contributed by atoms with van der Waals surface area (Å²) in [5.41, 5.74) is 0.898. The Morgan fingerprint density at radius 2 is 2.08 bits per heavy atom. The van der Waals surface area contributed by atoms with Crippen LogP contribution in [0.1, 0.15) is 24.8 Å². The van der Waals surface area contributed by atoms with Crippen LogP contribution in [-0.4, -0.2) is 67.9 Å². The molecule has 1 aliphatic heterocycles. The van der Waals surface area contributed by atoms with E-state index in [2.05, 4.69) is 5.32 Å². The van der Waals surface area contributed by atoms with Crippen LogP contribution in [0.25, 0.3) is 0 Å². The van der Waals surface area contributed by atoms with Gasteiger partial charge < -0.3 is 24.6 Å². The molecule has 0 aliphatic carbocycles. The smallest absolute Gasteiger partial charge is 0.317 e. The summed E-state index contributed by atoms with van der Waals surface area (Å²) in [5, 5.41) is 2.44.